The van der Waals surface area contributed by atoms with Gasteiger partial charge in [0.05, 0.1) is 34.4 Å². The number of hydrogen-bond donors (Lipinski definition) is 0. The van der Waals surface area contributed by atoms with Crippen LogP contribution in [0.15, 0.2) is 48.6 Å². The Morgan fingerprint density at radius 1 is 0.492 bits per heavy atom. The highest BCUT2D eigenvalue weighted by Gasteiger charge is 2.20. The lowest BCUT2D eigenvalue weighted by atomic mass is 10.1. The first-order valence-corrected chi connectivity index (χ1v) is 27.8. The van der Waals surface area contributed by atoms with Crippen LogP contribution in [0, 0.1) is 0 Å². The summed E-state index contributed by atoms with van der Waals surface area (Å²) in [4.78, 5) is 25.2. The molecule has 8 nitrogen and oxygen atoms in total. The molecule has 0 aliphatic carbocycles. The Morgan fingerprint density at radius 2 is 0.873 bits per heavy atom. The molecule has 2 unspecified atom stereocenters. The largest absolute Gasteiger partial charge is 0.756 e. The molecule has 0 aliphatic rings. The van der Waals surface area contributed by atoms with Crippen LogP contribution in [0.2, 0.25) is 0 Å². The number of rotatable bonds is 49. The number of nitrogens with zero attached hydrogens (tertiary/aromatic N) is 1. The van der Waals surface area contributed by atoms with Gasteiger partial charge < -0.3 is 27.9 Å². The van der Waals surface area contributed by atoms with Gasteiger partial charge in [0.1, 0.15) is 19.3 Å². The zero-order valence-electron chi connectivity index (χ0n) is 42.0. The standard InChI is InChI=1S/C54H102NO7P/c1-6-8-10-12-14-16-18-20-22-24-25-26-27-28-29-30-32-34-36-38-40-42-44-46-49-59-51-53(52-61-63(57,58)60-50-48-55(3,4)5)62-54(56)47-45-43-41-39-37-35-33-31-23-21-19-17-15-13-11-9-7-2/h18,20-21,23-25,27-28,53H,6-17,19,22,26,29-52H2,1-5H3/b20-18-,23-21-,25-24-,28-27-. The molecule has 0 fully saturated rings. The van der Waals surface area contributed by atoms with Crippen molar-refractivity contribution in [2.45, 2.75) is 238 Å². The first-order valence-electron chi connectivity index (χ1n) is 26.4. The van der Waals surface area contributed by atoms with E-state index in [1.807, 2.05) is 21.1 Å². The van der Waals surface area contributed by atoms with Gasteiger partial charge in [0, 0.05) is 13.0 Å². The van der Waals surface area contributed by atoms with Crippen molar-refractivity contribution in [1.82, 2.24) is 0 Å². The number of carbonyl (C=O) groups excluding carboxylic acids is 1. The second kappa shape index (κ2) is 47.0. The minimum atomic E-state index is -4.53. The fourth-order valence-electron chi connectivity index (χ4n) is 7.25. The first-order chi connectivity index (χ1) is 30.6. The highest BCUT2D eigenvalue weighted by molar-refractivity contribution is 7.45. The molecule has 0 amide bonds. The Labute approximate surface area is 390 Å². The molecule has 0 heterocycles. The Bertz CT molecular complexity index is 1150. The van der Waals surface area contributed by atoms with E-state index in [-0.39, 0.29) is 25.8 Å². The number of carbonyl (C=O) groups is 1. The van der Waals surface area contributed by atoms with Crippen molar-refractivity contribution in [3.63, 3.8) is 0 Å². The normalized spacial score (nSPS) is 13.9. The molecule has 0 aromatic heterocycles. The van der Waals surface area contributed by atoms with Crippen molar-refractivity contribution in [1.29, 1.82) is 0 Å². The van der Waals surface area contributed by atoms with Crippen LogP contribution in [0.3, 0.4) is 0 Å². The Hall–Kier alpha value is -1.54. The van der Waals surface area contributed by atoms with Crippen molar-refractivity contribution < 1.29 is 37.3 Å². The number of unbranched alkanes of at least 4 members (excludes halogenated alkanes) is 27. The minimum Gasteiger partial charge on any atom is -0.756 e. The van der Waals surface area contributed by atoms with E-state index in [0.29, 0.717) is 24.1 Å². The van der Waals surface area contributed by atoms with E-state index in [4.69, 9.17) is 18.5 Å². The topological polar surface area (TPSA) is 94.1 Å². The predicted octanol–water partition coefficient (Wildman–Crippen LogP) is 15.7. The van der Waals surface area contributed by atoms with Crippen LogP contribution >= 0.6 is 7.82 Å². The van der Waals surface area contributed by atoms with E-state index in [0.717, 1.165) is 44.9 Å². The van der Waals surface area contributed by atoms with Gasteiger partial charge >= 0.3 is 5.97 Å². The summed E-state index contributed by atoms with van der Waals surface area (Å²) in [5.74, 6) is -0.339. The van der Waals surface area contributed by atoms with Gasteiger partial charge in [0.2, 0.25) is 0 Å². The molecule has 370 valence electrons. The Kier molecular flexibility index (Phi) is 45.8. The summed E-state index contributed by atoms with van der Waals surface area (Å²) in [7, 11) is 1.35. The van der Waals surface area contributed by atoms with Gasteiger partial charge in [-0.1, -0.05) is 197 Å². The molecule has 9 heteroatoms. The van der Waals surface area contributed by atoms with Gasteiger partial charge in [-0.3, -0.25) is 9.36 Å². The maximum atomic E-state index is 12.7. The number of phosphoric ester groups is 1. The fourth-order valence-corrected chi connectivity index (χ4v) is 7.98. The third-order valence-corrected chi connectivity index (χ3v) is 12.3. The fraction of sp³-hybridized carbons (Fsp3) is 0.833. The zero-order chi connectivity index (χ0) is 46.2. The van der Waals surface area contributed by atoms with Crippen LogP contribution in [-0.4, -0.2) is 70.7 Å². The quantitative estimate of drug-likeness (QED) is 0.0197. The summed E-state index contributed by atoms with van der Waals surface area (Å²) in [6.45, 7) is 5.40. The maximum Gasteiger partial charge on any atom is 0.306 e. The SMILES string of the molecule is CCCCCCC/C=C\C/C=C\C/C=C\CCCCCCCCCCCOCC(COP(=O)([O-])OCC[N+](C)(C)C)OC(=O)CCCCCCCCC/C=C\CCCCCCCC. The first kappa shape index (κ1) is 61.5. The molecule has 0 N–H and O–H groups in total. The van der Waals surface area contributed by atoms with E-state index >= 15 is 0 Å². The second-order valence-corrected chi connectivity index (χ2v) is 20.3. The molecule has 0 saturated heterocycles. The number of quaternary nitrogens is 1. The summed E-state index contributed by atoms with van der Waals surface area (Å²) < 4.78 is 34.8. The average Bonchev–Trinajstić information content (AvgIpc) is 3.24. The molecular weight excluding hydrogens is 806 g/mol. The number of likely N-dealkylation sites (N-methyl/N-ethyl adjacent to an activating group) is 1. The number of ether oxygens (including phenoxy) is 2. The van der Waals surface area contributed by atoms with Gasteiger partial charge in [-0.2, -0.15) is 0 Å². The third-order valence-electron chi connectivity index (χ3n) is 11.4. The van der Waals surface area contributed by atoms with Crippen molar-refractivity contribution in [3.8, 4) is 0 Å². The maximum absolute atomic E-state index is 12.7. The zero-order valence-corrected chi connectivity index (χ0v) is 42.9. The molecule has 0 aliphatic heterocycles. The number of hydrogen-bond acceptors (Lipinski definition) is 7. The van der Waals surface area contributed by atoms with Crippen LogP contribution in [0.1, 0.15) is 232 Å². The molecule has 63 heavy (non-hydrogen) atoms. The van der Waals surface area contributed by atoms with Gasteiger partial charge in [-0.15, -0.1) is 0 Å². The van der Waals surface area contributed by atoms with Crippen molar-refractivity contribution in [2.24, 2.45) is 0 Å². The Balaban J connectivity index is 4.13. The summed E-state index contributed by atoms with van der Waals surface area (Å²) in [6, 6.07) is 0. The highest BCUT2D eigenvalue weighted by atomic mass is 31.2. The molecule has 2 atom stereocenters. The van der Waals surface area contributed by atoms with Gasteiger partial charge in [-0.05, 0) is 77.0 Å². The van der Waals surface area contributed by atoms with E-state index in [1.165, 1.54) is 167 Å². The lowest BCUT2D eigenvalue weighted by molar-refractivity contribution is -0.870. The van der Waals surface area contributed by atoms with Crippen LogP contribution in [-0.2, 0) is 27.9 Å². The van der Waals surface area contributed by atoms with E-state index in [2.05, 4.69) is 62.5 Å². The number of esters is 1. The van der Waals surface area contributed by atoms with Crippen molar-refractivity contribution in [3.05, 3.63) is 48.6 Å². The van der Waals surface area contributed by atoms with Gasteiger partial charge in [-0.25, -0.2) is 0 Å². The van der Waals surface area contributed by atoms with Crippen LogP contribution in [0.4, 0.5) is 0 Å². The molecule has 0 aromatic rings. The summed E-state index contributed by atoms with van der Waals surface area (Å²) in [6.07, 6.45) is 58.5. The molecule has 0 bridgehead atoms. The van der Waals surface area contributed by atoms with Gasteiger partial charge in [0.25, 0.3) is 7.82 Å². The molecule has 0 radical (unpaired) electrons. The van der Waals surface area contributed by atoms with E-state index in [9.17, 15) is 14.3 Å². The van der Waals surface area contributed by atoms with E-state index < -0.39 is 13.9 Å². The number of phosphoric acid groups is 1. The van der Waals surface area contributed by atoms with E-state index in [1.54, 1.807) is 0 Å². The van der Waals surface area contributed by atoms with Crippen molar-refractivity contribution in [2.75, 3.05) is 54.1 Å². The highest BCUT2D eigenvalue weighted by Crippen LogP contribution is 2.38. The minimum absolute atomic E-state index is 0.0233. The third kappa shape index (κ3) is 51.3. The molecule has 0 aromatic carbocycles. The average molecular weight is 908 g/mol. The molecule has 0 spiro atoms. The summed E-state index contributed by atoms with van der Waals surface area (Å²) in [5, 5.41) is 0. The smallest absolute Gasteiger partial charge is 0.306 e. The summed E-state index contributed by atoms with van der Waals surface area (Å²) >= 11 is 0. The monoisotopic (exact) mass is 908 g/mol. The van der Waals surface area contributed by atoms with Crippen LogP contribution in [0.25, 0.3) is 0 Å². The molecular formula is C54H102NO7P. The predicted molar refractivity (Wildman–Crippen MR) is 268 cm³/mol. The molecule has 0 rings (SSSR count). The second-order valence-electron chi connectivity index (χ2n) is 18.9. The van der Waals surface area contributed by atoms with Gasteiger partial charge in [0.15, 0.2) is 0 Å². The lowest BCUT2D eigenvalue weighted by Crippen LogP contribution is -2.37. The molecule has 0 saturated carbocycles. The Morgan fingerprint density at radius 3 is 1.32 bits per heavy atom. The summed E-state index contributed by atoms with van der Waals surface area (Å²) in [5.41, 5.74) is 0. The van der Waals surface area contributed by atoms with Crippen LogP contribution < -0.4 is 4.89 Å². The van der Waals surface area contributed by atoms with Crippen molar-refractivity contribution >= 4 is 13.8 Å². The lowest BCUT2D eigenvalue weighted by Gasteiger charge is -2.28. The van der Waals surface area contributed by atoms with Crippen LogP contribution in [0.5, 0.6) is 0 Å². The number of allylic oxidation sites excluding steroid dienone is 8.